The molecule has 0 heterocycles. The topological polar surface area (TPSA) is 78.9 Å². The molecule has 0 aliphatic heterocycles. The summed E-state index contributed by atoms with van der Waals surface area (Å²) in [5.74, 6) is -0.892. The maximum absolute atomic E-state index is 13.0. The van der Waals surface area contributed by atoms with Crippen LogP contribution in [-0.2, 0) is 28.6 Å². The molecule has 0 spiro atoms. The summed E-state index contributed by atoms with van der Waals surface area (Å²) in [6, 6.07) is 0. The number of esters is 3. The van der Waals surface area contributed by atoms with Crippen LogP contribution in [0, 0.1) is 0 Å². The summed E-state index contributed by atoms with van der Waals surface area (Å²) >= 11 is 0. The Hall–Kier alpha value is -3.67. The van der Waals surface area contributed by atoms with E-state index in [9.17, 15) is 14.4 Å². The van der Waals surface area contributed by atoms with Crippen LogP contribution in [0.5, 0.6) is 0 Å². The second-order valence-electron chi connectivity index (χ2n) is 23.8. The fourth-order valence-electron chi connectivity index (χ4n) is 10.2. The van der Waals surface area contributed by atoms with Gasteiger partial charge in [-0.15, -0.1) is 0 Å². The van der Waals surface area contributed by atoms with E-state index in [1.165, 1.54) is 199 Å². The molecule has 1 unspecified atom stereocenters. The summed E-state index contributed by atoms with van der Waals surface area (Å²) in [6.07, 6.45) is 95.7. The van der Waals surface area contributed by atoms with Gasteiger partial charge >= 0.3 is 17.9 Å². The molecule has 83 heavy (non-hydrogen) atoms. The van der Waals surface area contributed by atoms with Crippen molar-refractivity contribution in [2.45, 2.75) is 361 Å². The van der Waals surface area contributed by atoms with Crippen LogP contribution in [0.25, 0.3) is 0 Å². The maximum atomic E-state index is 13.0. The average molecular weight is 1160 g/mol. The van der Waals surface area contributed by atoms with Gasteiger partial charge < -0.3 is 14.2 Å². The number of allylic oxidation sites excluding steroid dienone is 16. The predicted molar refractivity (Wildman–Crippen MR) is 362 cm³/mol. The van der Waals surface area contributed by atoms with E-state index in [4.69, 9.17) is 14.2 Å². The zero-order valence-corrected chi connectivity index (χ0v) is 54.9. The van der Waals surface area contributed by atoms with Crippen molar-refractivity contribution in [1.29, 1.82) is 0 Å². The molecule has 0 aliphatic rings. The highest BCUT2D eigenvalue weighted by molar-refractivity contribution is 5.71. The van der Waals surface area contributed by atoms with Crippen molar-refractivity contribution >= 4 is 17.9 Å². The number of hydrogen-bond acceptors (Lipinski definition) is 6. The van der Waals surface area contributed by atoms with E-state index in [0.29, 0.717) is 19.3 Å². The van der Waals surface area contributed by atoms with Gasteiger partial charge in [-0.1, -0.05) is 311 Å². The highest BCUT2D eigenvalue weighted by Crippen LogP contribution is 2.17. The smallest absolute Gasteiger partial charge is 0.306 e. The van der Waals surface area contributed by atoms with Gasteiger partial charge in [0.15, 0.2) is 6.10 Å². The molecule has 0 amide bonds. The molecular formula is C77H134O6. The van der Waals surface area contributed by atoms with Crippen molar-refractivity contribution in [3.05, 3.63) is 97.2 Å². The van der Waals surface area contributed by atoms with Crippen LogP contribution < -0.4 is 0 Å². The lowest BCUT2D eigenvalue weighted by molar-refractivity contribution is -0.167. The molecule has 0 radical (unpaired) electrons. The molecule has 0 bridgehead atoms. The lowest BCUT2D eigenvalue weighted by atomic mass is 10.0. The Labute approximate surface area is 515 Å². The Balaban J connectivity index is 4.41. The van der Waals surface area contributed by atoms with E-state index in [0.717, 1.165) is 116 Å². The number of carbonyl (C=O) groups is 3. The summed E-state index contributed by atoms with van der Waals surface area (Å²) < 4.78 is 17.0. The molecule has 0 saturated carbocycles. The fraction of sp³-hybridized carbons (Fsp3) is 0.753. The molecular weight excluding hydrogens is 1020 g/mol. The maximum Gasteiger partial charge on any atom is 0.306 e. The van der Waals surface area contributed by atoms with Crippen molar-refractivity contribution in [3.63, 3.8) is 0 Å². The largest absolute Gasteiger partial charge is 0.462 e. The van der Waals surface area contributed by atoms with Crippen LogP contribution in [0.15, 0.2) is 97.2 Å². The number of carbonyl (C=O) groups excluding carboxylic acids is 3. The number of unbranched alkanes of at least 4 members (excludes halogenated alkanes) is 38. The minimum atomic E-state index is -0.793. The van der Waals surface area contributed by atoms with E-state index >= 15 is 0 Å². The van der Waals surface area contributed by atoms with E-state index in [1.54, 1.807) is 0 Å². The van der Waals surface area contributed by atoms with E-state index in [1.807, 2.05) is 0 Å². The zero-order valence-electron chi connectivity index (χ0n) is 54.9. The van der Waals surface area contributed by atoms with Crippen LogP contribution in [0.2, 0.25) is 0 Å². The Morgan fingerprint density at radius 1 is 0.253 bits per heavy atom. The van der Waals surface area contributed by atoms with Crippen molar-refractivity contribution in [2.24, 2.45) is 0 Å². The summed E-state index contributed by atoms with van der Waals surface area (Å²) in [7, 11) is 0. The summed E-state index contributed by atoms with van der Waals surface area (Å²) in [5.41, 5.74) is 0. The van der Waals surface area contributed by atoms with Crippen molar-refractivity contribution in [3.8, 4) is 0 Å². The first-order valence-electron chi connectivity index (χ1n) is 35.7. The molecule has 0 rings (SSSR count). The molecule has 0 aliphatic carbocycles. The van der Waals surface area contributed by atoms with Crippen molar-refractivity contribution in [2.75, 3.05) is 13.2 Å². The molecule has 0 aromatic carbocycles. The molecule has 0 fully saturated rings. The molecule has 6 nitrogen and oxygen atoms in total. The first-order chi connectivity index (χ1) is 41.0. The summed E-state index contributed by atoms with van der Waals surface area (Å²) in [5, 5.41) is 0. The van der Waals surface area contributed by atoms with Crippen LogP contribution in [-0.4, -0.2) is 37.2 Å². The minimum Gasteiger partial charge on any atom is -0.462 e. The monoisotopic (exact) mass is 1160 g/mol. The minimum absolute atomic E-state index is 0.0858. The number of rotatable bonds is 65. The standard InChI is InChI=1S/C77H134O6/c1-4-7-10-13-16-19-22-25-28-31-34-37-38-41-43-46-49-52-55-58-61-64-67-70-76(79)82-73-74(83-77(80)71-68-65-62-59-56-53-50-47-44-40-36-33-30-27-24-21-18-15-12-9-6-3)72-81-75(78)69-66-63-60-57-54-51-48-45-42-39-35-32-29-26-23-20-17-14-11-8-5-2/h9,12,18,21-22,25,27,30-32,34-36,40,47,50,74H,4-8,10-11,13-17,19-20,23-24,26,28-29,33,37-39,41-46,48-49,51-73H2,1-3H3/b12-9-,21-18-,25-22-,30-27-,34-31-,35-32-,40-36-,50-47-. The first-order valence-corrected chi connectivity index (χ1v) is 35.7. The third-order valence-corrected chi connectivity index (χ3v) is 15.5. The van der Waals surface area contributed by atoms with Gasteiger partial charge in [0.1, 0.15) is 13.2 Å². The van der Waals surface area contributed by atoms with Crippen molar-refractivity contribution in [1.82, 2.24) is 0 Å². The molecule has 0 saturated heterocycles. The van der Waals surface area contributed by atoms with E-state index in [-0.39, 0.29) is 31.1 Å². The second-order valence-corrected chi connectivity index (χ2v) is 23.8. The van der Waals surface area contributed by atoms with Gasteiger partial charge in [0.05, 0.1) is 0 Å². The van der Waals surface area contributed by atoms with Gasteiger partial charge in [0, 0.05) is 19.3 Å². The Morgan fingerprint density at radius 3 is 0.747 bits per heavy atom. The molecule has 1 atom stereocenters. The van der Waals surface area contributed by atoms with Crippen LogP contribution in [0.1, 0.15) is 355 Å². The SMILES string of the molecule is CC/C=C\C/C=C\C/C=C\C/C=C\C/C=C\CCCCCCCC(=O)OC(COC(=O)CCCCCCCCCCC/C=C\CCCCCCCCCC)COC(=O)CCCCCCCCCCCCC/C=C\C/C=C\CCCCCCC. The molecule has 0 aromatic heterocycles. The molecule has 478 valence electrons. The average Bonchev–Trinajstić information content (AvgIpc) is 3.49. The molecule has 6 heteroatoms. The second kappa shape index (κ2) is 70.8. The van der Waals surface area contributed by atoms with E-state index in [2.05, 4.69) is 118 Å². The van der Waals surface area contributed by atoms with Crippen LogP contribution >= 0.6 is 0 Å². The highest BCUT2D eigenvalue weighted by Gasteiger charge is 2.19. The number of ether oxygens (including phenoxy) is 3. The van der Waals surface area contributed by atoms with E-state index < -0.39 is 6.10 Å². The summed E-state index contributed by atoms with van der Waals surface area (Å²) in [4.78, 5) is 38.5. The van der Waals surface area contributed by atoms with Gasteiger partial charge in [0.2, 0.25) is 0 Å². The quantitative estimate of drug-likeness (QED) is 0.0261. The normalized spacial score (nSPS) is 12.7. The first kappa shape index (κ1) is 79.3. The highest BCUT2D eigenvalue weighted by atomic mass is 16.6. The molecule has 0 aromatic rings. The fourth-order valence-corrected chi connectivity index (χ4v) is 10.2. The molecule has 0 N–H and O–H groups in total. The lowest BCUT2D eigenvalue weighted by Crippen LogP contribution is -2.30. The zero-order chi connectivity index (χ0) is 59.9. The number of hydrogen-bond donors (Lipinski definition) is 0. The Bertz CT molecular complexity index is 1610. The van der Waals surface area contributed by atoms with Gasteiger partial charge in [-0.25, -0.2) is 0 Å². The van der Waals surface area contributed by atoms with Gasteiger partial charge in [-0.2, -0.15) is 0 Å². The van der Waals surface area contributed by atoms with Gasteiger partial charge in [-0.3, -0.25) is 14.4 Å². The van der Waals surface area contributed by atoms with Gasteiger partial charge in [0.25, 0.3) is 0 Å². The van der Waals surface area contributed by atoms with Crippen molar-refractivity contribution < 1.29 is 28.6 Å². The Morgan fingerprint density at radius 2 is 0.470 bits per heavy atom. The van der Waals surface area contributed by atoms with Crippen LogP contribution in [0.4, 0.5) is 0 Å². The third kappa shape index (κ3) is 69.0. The lowest BCUT2D eigenvalue weighted by Gasteiger charge is -2.18. The van der Waals surface area contributed by atoms with Gasteiger partial charge in [-0.05, 0) is 122 Å². The summed E-state index contributed by atoms with van der Waals surface area (Å²) in [6.45, 7) is 6.54. The van der Waals surface area contributed by atoms with Crippen LogP contribution in [0.3, 0.4) is 0 Å². The Kier molecular flexibility index (Phi) is 67.7. The predicted octanol–water partition coefficient (Wildman–Crippen LogP) is 24.8. The third-order valence-electron chi connectivity index (χ3n) is 15.5.